The van der Waals surface area contributed by atoms with Crippen LogP contribution in [0.25, 0.3) is 0 Å². The molecular weight excluding hydrogens is 166 g/mol. The van der Waals surface area contributed by atoms with Gasteiger partial charge < -0.3 is 5.73 Å². The molecule has 1 aromatic heterocycles. The molecule has 0 aliphatic rings. The number of ketones is 1. The molecule has 0 bridgehead atoms. The summed E-state index contributed by atoms with van der Waals surface area (Å²) in [5.41, 5.74) is 5.70. The molecule has 5 heteroatoms. The van der Waals surface area contributed by atoms with E-state index in [1.807, 2.05) is 0 Å². The topological polar surface area (TPSA) is 60.9 Å². The fourth-order valence-electron chi connectivity index (χ4n) is 0.752. The van der Waals surface area contributed by atoms with E-state index in [9.17, 15) is 4.79 Å². The van der Waals surface area contributed by atoms with E-state index in [2.05, 4.69) is 5.10 Å². The second-order valence-electron chi connectivity index (χ2n) is 1.97. The molecule has 1 aromatic rings. The maximum atomic E-state index is 10.9. The molecule has 0 saturated heterocycles. The van der Waals surface area contributed by atoms with Gasteiger partial charge in [0.05, 0.1) is 6.54 Å². The van der Waals surface area contributed by atoms with Gasteiger partial charge in [-0.1, -0.05) is 0 Å². The van der Waals surface area contributed by atoms with E-state index in [-0.39, 0.29) is 24.7 Å². The Morgan fingerprint density at radius 1 is 1.82 bits per heavy atom. The van der Waals surface area contributed by atoms with Crippen molar-refractivity contribution >= 4 is 18.2 Å². The van der Waals surface area contributed by atoms with Gasteiger partial charge in [0.15, 0.2) is 5.78 Å². The predicted octanol–water partition coefficient (Wildman–Crippen LogP) is -0.0167. The zero-order valence-electron chi connectivity index (χ0n) is 6.15. The summed E-state index contributed by atoms with van der Waals surface area (Å²) < 4.78 is 1.51. The van der Waals surface area contributed by atoms with Crippen molar-refractivity contribution in [2.24, 2.45) is 12.8 Å². The first kappa shape index (κ1) is 10.1. The van der Waals surface area contributed by atoms with Gasteiger partial charge in [0.25, 0.3) is 0 Å². The van der Waals surface area contributed by atoms with Crippen LogP contribution in [0.3, 0.4) is 0 Å². The first-order chi connectivity index (χ1) is 4.75. The lowest BCUT2D eigenvalue weighted by Crippen LogP contribution is -2.16. The third kappa shape index (κ3) is 2.03. The highest BCUT2D eigenvalue weighted by atomic mass is 35.5. The standard InChI is InChI=1S/C6H9N3O.ClH/c1-9-5(2-3-8-9)6(10)4-7;/h2-3H,4,7H2,1H3;1H. The summed E-state index contributed by atoms with van der Waals surface area (Å²) in [4.78, 5) is 10.9. The average molecular weight is 176 g/mol. The molecule has 0 aliphatic carbocycles. The highest BCUT2D eigenvalue weighted by Gasteiger charge is 2.05. The van der Waals surface area contributed by atoms with Crippen LogP contribution in [0, 0.1) is 0 Å². The van der Waals surface area contributed by atoms with Gasteiger partial charge in [0, 0.05) is 13.2 Å². The van der Waals surface area contributed by atoms with Gasteiger partial charge in [-0.05, 0) is 6.07 Å². The van der Waals surface area contributed by atoms with Gasteiger partial charge in [-0.2, -0.15) is 5.10 Å². The number of nitrogens with two attached hydrogens (primary N) is 1. The molecule has 0 radical (unpaired) electrons. The molecule has 0 unspecified atom stereocenters. The molecule has 2 N–H and O–H groups in total. The van der Waals surface area contributed by atoms with Crippen molar-refractivity contribution in [1.82, 2.24) is 9.78 Å². The molecule has 11 heavy (non-hydrogen) atoms. The smallest absolute Gasteiger partial charge is 0.194 e. The highest BCUT2D eigenvalue weighted by molar-refractivity contribution is 5.95. The van der Waals surface area contributed by atoms with Crippen LogP contribution in [-0.2, 0) is 7.05 Å². The number of Topliss-reactive ketones (excluding diaryl/α,β-unsaturated/α-hetero) is 1. The predicted molar refractivity (Wildman–Crippen MR) is 43.8 cm³/mol. The van der Waals surface area contributed by atoms with Gasteiger partial charge in [-0.25, -0.2) is 0 Å². The monoisotopic (exact) mass is 175 g/mol. The second kappa shape index (κ2) is 4.10. The van der Waals surface area contributed by atoms with Crippen molar-refractivity contribution in [3.05, 3.63) is 18.0 Å². The van der Waals surface area contributed by atoms with Crippen molar-refractivity contribution in [2.45, 2.75) is 0 Å². The third-order valence-corrected chi connectivity index (χ3v) is 1.29. The van der Waals surface area contributed by atoms with Crippen molar-refractivity contribution in [2.75, 3.05) is 6.54 Å². The molecular formula is C6H10ClN3O. The molecule has 0 aromatic carbocycles. The van der Waals surface area contributed by atoms with Crippen LogP contribution in [0.4, 0.5) is 0 Å². The quantitative estimate of drug-likeness (QED) is 0.643. The number of aryl methyl sites for hydroxylation is 1. The minimum atomic E-state index is -0.0833. The lowest BCUT2D eigenvalue weighted by Gasteiger charge is -1.95. The third-order valence-electron chi connectivity index (χ3n) is 1.29. The number of aromatic nitrogens is 2. The number of halogens is 1. The van der Waals surface area contributed by atoms with E-state index in [0.717, 1.165) is 0 Å². The Bertz CT molecular complexity index is 246. The highest BCUT2D eigenvalue weighted by Crippen LogP contribution is 1.95. The van der Waals surface area contributed by atoms with Crippen LogP contribution in [0.5, 0.6) is 0 Å². The lowest BCUT2D eigenvalue weighted by molar-refractivity contribution is 0.0992. The zero-order chi connectivity index (χ0) is 7.56. The van der Waals surface area contributed by atoms with Crippen molar-refractivity contribution in [3.63, 3.8) is 0 Å². The van der Waals surface area contributed by atoms with Gasteiger partial charge >= 0.3 is 0 Å². The number of carbonyl (C=O) groups is 1. The summed E-state index contributed by atoms with van der Waals surface area (Å²) in [5.74, 6) is -0.0833. The molecule has 0 fully saturated rings. The Labute approximate surface area is 70.8 Å². The number of nitrogens with zero attached hydrogens (tertiary/aromatic N) is 2. The van der Waals surface area contributed by atoms with E-state index in [1.54, 1.807) is 19.3 Å². The minimum Gasteiger partial charge on any atom is -0.324 e. The first-order valence-corrected chi connectivity index (χ1v) is 2.97. The van der Waals surface area contributed by atoms with Crippen molar-refractivity contribution in [3.8, 4) is 0 Å². The van der Waals surface area contributed by atoms with Gasteiger partial charge in [-0.15, -0.1) is 12.4 Å². The van der Waals surface area contributed by atoms with Gasteiger partial charge in [0.1, 0.15) is 5.69 Å². The number of rotatable bonds is 2. The van der Waals surface area contributed by atoms with Crippen LogP contribution in [0.2, 0.25) is 0 Å². The van der Waals surface area contributed by atoms with Crippen LogP contribution >= 0.6 is 12.4 Å². The summed E-state index contributed by atoms with van der Waals surface area (Å²) in [6, 6.07) is 1.65. The Balaban J connectivity index is 0.000001000. The van der Waals surface area contributed by atoms with Crippen LogP contribution in [-0.4, -0.2) is 22.1 Å². The van der Waals surface area contributed by atoms with Crippen molar-refractivity contribution < 1.29 is 4.79 Å². The van der Waals surface area contributed by atoms with E-state index in [1.165, 1.54) is 4.68 Å². The van der Waals surface area contributed by atoms with Crippen LogP contribution in [0.1, 0.15) is 10.5 Å². The van der Waals surface area contributed by atoms with Gasteiger partial charge in [0.2, 0.25) is 0 Å². The second-order valence-corrected chi connectivity index (χ2v) is 1.97. The summed E-state index contributed by atoms with van der Waals surface area (Å²) >= 11 is 0. The zero-order valence-corrected chi connectivity index (χ0v) is 6.97. The fourth-order valence-corrected chi connectivity index (χ4v) is 0.752. The molecule has 4 nitrogen and oxygen atoms in total. The fraction of sp³-hybridized carbons (Fsp3) is 0.333. The Kier molecular flexibility index (Phi) is 3.78. The van der Waals surface area contributed by atoms with E-state index in [0.29, 0.717) is 5.69 Å². The number of hydrogen-bond acceptors (Lipinski definition) is 3. The average Bonchev–Trinajstić information content (AvgIpc) is 2.34. The maximum absolute atomic E-state index is 10.9. The molecule has 1 heterocycles. The van der Waals surface area contributed by atoms with Crippen LogP contribution in [0.15, 0.2) is 12.3 Å². The molecule has 0 aliphatic heterocycles. The lowest BCUT2D eigenvalue weighted by atomic mass is 10.3. The summed E-state index contributed by atoms with van der Waals surface area (Å²) in [6.07, 6.45) is 1.57. The molecule has 0 spiro atoms. The maximum Gasteiger partial charge on any atom is 0.194 e. The normalized spacial score (nSPS) is 8.91. The minimum absolute atomic E-state index is 0. The molecule has 62 valence electrons. The Morgan fingerprint density at radius 2 is 2.45 bits per heavy atom. The SMILES string of the molecule is Cl.Cn1nccc1C(=O)CN. The van der Waals surface area contributed by atoms with Crippen molar-refractivity contribution in [1.29, 1.82) is 0 Å². The molecule has 0 atom stereocenters. The number of carbonyl (C=O) groups excluding carboxylic acids is 1. The molecule has 1 rings (SSSR count). The van der Waals surface area contributed by atoms with Crippen LogP contribution < -0.4 is 5.73 Å². The largest absolute Gasteiger partial charge is 0.324 e. The van der Waals surface area contributed by atoms with E-state index in [4.69, 9.17) is 5.73 Å². The summed E-state index contributed by atoms with van der Waals surface area (Å²) in [5, 5.41) is 3.83. The summed E-state index contributed by atoms with van der Waals surface area (Å²) in [6.45, 7) is 0.0412. The Morgan fingerprint density at radius 3 is 2.82 bits per heavy atom. The summed E-state index contributed by atoms with van der Waals surface area (Å²) in [7, 11) is 1.71. The Hall–Kier alpha value is -0.870. The first-order valence-electron chi connectivity index (χ1n) is 2.97. The van der Waals surface area contributed by atoms with E-state index >= 15 is 0 Å². The molecule has 0 saturated carbocycles. The number of hydrogen-bond donors (Lipinski definition) is 1. The molecule has 0 amide bonds. The van der Waals surface area contributed by atoms with Gasteiger partial charge in [-0.3, -0.25) is 9.48 Å². The van der Waals surface area contributed by atoms with E-state index < -0.39 is 0 Å².